The molecule has 0 saturated heterocycles. The molecule has 0 saturated carbocycles. The lowest BCUT2D eigenvalue weighted by Gasteiger charge is -2.03. The van der Waals surface area contributed by atoms with Crippen LogP contribution in [0, 0.1) is 18.8 Å². The predicted octanol–water partition coefficient (Wildman–Crippen LogP) is 3.49. The fourth-order valence-corrected chi connectivity index (χ4v) is 3.00. The highest BCUT2D eigenvalue weighted by molar-refractivity contribution is 7.14. The first-order valence-electron chi connectivity index (χ1n) is 7.67. The number of amides is 1. The predicted molar refractivity (Wildman–Crippen MR) is 88.7 cm³/mol. The maximum Gasteiger partial charge on any atom is 0.261 e. The molecule has 0 atom stereocenters. The normalized spacial score (nSPS) is 10.0. The van der Waals surface area contributed by atoms with Crippen LogP contribution in [0.25, 0.3) is 0 Å². The van der Waals surface area contributed by atoms with Crippen molar-refractivity contribution in [2.24, 2.45) is 0 Å². The van der Waals surface area contributed by atoms with Crippen LogP contribution in [0.2, 0.25) is 0 Å². The van der Waals surface area contributed by atoms with Gasteiger partial charge < -0.3 is 10.4 Å². The second-order valence-electron chi connectivity index (χ2n) is 5.11. The van der Waals surface area contributed by atoms with Crippen molar-refractivity contribution < 1.29 is 9.90 Å². The van der Waals surface area contributed by atoms with Crippen LogP contribution in [0.15, 0.2) is 6.07 Å². The zero-order valence-electron chi connectivity index (χ0n) is 13.0. The largest absolute Gasteiger partial charge is 0.384 e. The van der Waals surface area contributed by atoms with Crippen molar-refractivity contribution in [1.29, 1.82) is 0 Å². The third-order valence-corrected chi connectivity index (χ3v) is 4.39. The van der Waals surface area contributed by atoms with Crippen molar-refractivity contribution in [1.82, 2.24) is 5.32 Å². The number of carbonyl (C=O) groups excluding carboxylic acids is 1. The molecule has 1 heterocycles. The van der Waals surface area contributed by atoms with E-state index in [1.165, 1.54) is 43.4 Å². The summed E-state index contributed by atoms with van der Waals surface area (Å²) in [5.41, 5.74) is 0.991. The van der Waals surface area contributed by atoms with Crippen LogP contribution < -0.4 is 5.32 Å². The number of thiophene rings is 1. The Kier molecular flexibility index (Phi) is 8.80. The Hall–Kier alpha value is -1.31. The average Bonchev–Trinajstić information content (AvgIpc) is 2.85. The molecule has 0 radical (unpaired) electrons. The molecule has 0 aliphatic heterocycles. The number of carbonyl (C=O) groups is 1. The Labute approximate surface area is 131 Å². The van der Waals surface area contributed by atoms with Crippen molar-refractivity contribution >= 4 is 17.2 Å². The summed E-state index contributed by atoms with van der Waals surface area (Å²) in [5, 5.41) is 11.7. The number of rotatable bonds is 8. The Morgan fingerprint density at radius 3 is 2.71 bits per heavy atom. The Morgan fingerprint density at radius 1 is 1.29 bits per heavy atom. The smallest absolute Gasteiger partial charge is 0.261 e. The Morgan fingerprint density at radius 2 is 2.00 bits per heavy atom. The lowest BCUT2D eigenvalue weighted by Crippen LogP contribution is -2.23. The van der Waals surface area contributed by atoms with Gasteiger partial charge in [0.25, 0.3) is 5.91 Å². The summed E-state index contributed by atoms with van der Waals surface area (Å²) >= 11 is 1.39. The summed E-state index contributed by atoms with van der Waals surface area (Å²) in [6.07, 6.45) is 7.33. The molecule has 1 amide bonds. The van der Waals surface area contributed by atoms with E-state index in [-0.39, 0.29) is 12.5 Å². The van der Waals surface area contributed by atoms with Crippen molar-refractivity contribution in [3.8, 4) is 11.8 Å². The van der Waals surface area contributed by atoms with Gasteiger partial charge in [-0.25, -0.2) is 0 Å². The number of nitrogens with one attached hydrogen (secondary N) is 1. The lowest BCUT2D eigenvalue weighted by molar-refractivity contribution is 0.0957. The average molecular weight is 307 g/mol. The molecule has 0 aliphatic carbocycles. The van der Waals surface area contributed by atoms with Gasteiger partial charge in [0.15, 0.2) is 0 Å². The third kappa shape index (κ3) is 6.79. The molecular weight excluding hydrogens is 282 g/mol. The van der Waals surface area contributed by atoms with Crippen LogP contribution in [0.4, 0.5) is 0 Å². The van der Waals surface area contributed by atoms with Crippen LogP contribution in [0.1, 0.15) is 65.6 Å². The van der Waals surface area contributed by atoms with Crippen molar-refractivity contribution in [2.75, 3.05) is 13.2 Å². The number of hydrogen-bond acceptors (Lipinski definition) is 3. The molecule has 1 rings (SSSR count). The van der Waals surface area contributed by atoms with Gasteiger partial charge in [-0.1, -0.05) is 50.9 Å². The van der Waals surface area contributed by atoms with Gasteiger partial charge in [-0.3, -0.25) is 4.79 Å². The molecule has 0 bridgehead atoms. The first-order valence-corrected chi connectivity index (χ1v) is 8.49. The SMILES string of the molecule is CCCCCCCCNC(=O)c1cc(C)c(C#CCO)s1. The van der Waals surface area contributed by atoms with E-state index >= 15 is 0 Å². The van der Waals surface area contributed by atoms with Gasteiger partial charge in [-0.05, 0) is 25.0 Å². The van der Waals surface area contributed by atoms with Gasteiger partial charge in [0.2, 0.25) is 0 Å². The Bertz CT molecular complexity index is 497. The van der Waals surface area contributed by atoms with Crippen LogP contribution >= 0.6 is 11.3 Å². The summed E-state index contributed by atoms with van der Waals surface area (Å²) in [5.74, 6) is 5.47. The number of aliphatic hydroxyl groups excluding tert-OH is 1. The summed E-state index contributed by atoms with van der Waals surface area (Å²) < 4.78 is 0. The molecule has 0 spiro atoms. The summed E-state index contributed by atoms with van der Waals surface area (Å²) in [6.45, 7) is 4.72. The van der Waals surface area contributed by atoms with Gasteiger partial charge in [0.1, 0.15) is 6.61 Å². The quantitative estimate of drug-likeness (QED) is 0.570. The molecule has 0 unspecified atom stereocenters. The molecule has 1 aromatic rings. The van der Waals surface area contributed by atoms with Crippen LogP contribution in [-0.4, -0.2) is 24.2 Å². The maximum absolute atomic E-state index is 12.0. The summed E-state index contributed by atoms with van der Waals surface area (Å²) in [7, 11) is 0. The molecule has 0 fully saturated rings. The number of aliphatic hydroxyl groups is 1. The van der Waals surface area contributed by atoms with Gasteiger partial charge in [-0.15, -0.1) is 11.3 Å². The molecule has 0 aliphatic rings. The van der Waals surface area contributed by atoms with Crippen molar-refractivity contribution in [3.63, 3.8) is 0 Å². The monoisotopic (exact) mass is 307 g/mol. The van der Waals surface area contributed by atoms with Crippen LogP contribution in [0.3, 0.4) is 0 Å². The standard InChI is InChI=1S/C17H25NO2S/c1-3-4-5-6-7-8-11-18-17(20)16-13-14(2)15(21-16)10-9-12-19/h13,19H,3-8,11-12H2,1-2H3,(H,18,20). The summed E-state index contributed by atoms with van der Waals surface area (Å²) in [4.78, 5) is 13.6. The minimum atomic E-state index is -0.156. The van der Waals surface area contributed by atoms with E-state index in [0.29, 0.717) is 4.88 Å². The van der Waals surface area contributed by atoms with E-state index < -0.39 is 0 Å². The van der Waals surface area contributed by atoms with E-state index in [1.807, 2.05) is 13.0 Å². The zero-order chi connectivity index (χ0) is 15.5. The van der Waals surface area contributed by atoms with Crippen LogP contribution in [-0.2, 0) is 0 Å². The second-order valence-corrected chi connectivity index (χ2v) is 6.16. The molecule has 3 nitrogen and oxygen atoms in total. The van der Waals surface area contributed by atoms with E-state index in [1.54, 1.807) is 0 Å². The second kappa shape index (κ2) is 10.4. The first-order chi connectivity index (χ1) is 10.2. The molecule has 0 aromatic carbocycles. The zero-order valence-corrected chi connectivity index (χ0v) is 13.8. The fourth-order valence-electron chi connectivity index (χ4n) is 2.03. The van der Waals surface area contributed by atoms with E-state index in [9.17, 15) is 4.79 Å². The molecule has 1 aromatic heterocycles. The first kappa shape index (κ1) is 17.7. The van der Waals surface area contributed by atoms with Gasteiger partial charge in [0.05, 0.1) is 9.75 Å². The van der Waals surface area contributed by atoms with Gasteiger partial charge in [0, 0.05) is 6.54 Å². The Balaban J connectivity index is 2.32. The fraction of sp³-hybridized carbons (Fsp3) is 0.588. The third-order valence-electron chi connectivity index (χ3n) is 3.24. The van der Waals surface area contributed by atoms with E-state index in [0.717, 1.165) is 23.4 Å². The van der Waals surface area contributed by atoms with Gasteiger partial charge >= 0.3 is 0 Å². The van der Waals surface area contributed by atoms with E-state index in [2.05, 4.69) is 24.1 Å². The highest BCUT2D eigenvalue weighted by Crippen LogP contribution is 2.20. The number of aryl methyl sites for hydroxylation is 1. The molecular formula is C17H25NO2S. The molecule has 4 heteroatoms. The van der Waals surface area contributed by atoms with Crippen molar-refractivity contribution in [3.05, 3.63) is 21.4 Å². The number of unbranched alkanes of at least 4 members (excludes halogenated alkanes) is 5. The van der Waals surface area contributed by atoms with E-state index in [4.69, 9.17) is 5.11 Å². The van der Waals surface area contributed by atoms with Gasteiger partial charge in [-0.2, -0.15) is 0 Å². The lowest BCUT2D eigenvalue weighted by atomic mass is 10.1. The molecule has 116 valence electrons. The van der Waals surface area contributed by atoms with Crippen molar-refractivity contribution in [2.45, 2.75) is 52.4 Å². The number of hydrogen-bond donors (Lipinski definition) is 2. The molecule has 21 heavy (non-hydrogen) atoms. The highest BCUT2D eigenvalue weighted by Gasteiger charge is 2.10. The topological polar surface area (TPSA) is 49.3 Å². The highest BCUT2D eigenvalue weighted by atomic mass is 32.1. The minimum Gasteiger partial charge on any atom is -0.384 e. The maximum atomic E-state index is 12.0. The minimum absolute atomic E-state index is 0.0197. The van der Waals surface area contributed by atoms with Crippen LogP contribution in [0.5, 0.6) is 0 Å². The summed E-state index contributed by atoms with van der Waals surface area (Å²) in [6, 6.07) is 1.86. The molecule has 2 N–H and O–H groups in total.